The molecule has 1 aromatic carbocycles. The van der Waals surface area contributed by atoms with Gasteiger partial charge >= 0.3 is 5.97 Å². The predicted molar refractivity (Wildman–Crippen MR) is 70.1 cm³/mol. The summed E-state index contributed by atoms with van der Waals surface area (Å²) >= 11 is 0. The maximum Gasteiger partial charge on any atom is 0.330 e. The maximum absolute atomic E-state index is 11.9. The molecule has 0 saturated carbocycles. The lowest BCUT2D eigenvalue weighted by Gasteiger charge is -2.12. The molecule has 104 valence electrons. The Morgan fingerprint density at radius 3 is 2.47 bits per heavy atom. The van der Waals surface area contributed by atoms with Crippen LogP contribution in [0, 0.1) is 6.92 Å². The van der Waals surface area contributed by atoms with Gasteiger partial charge in [0.25, 0.3) is 10.1 Å². The quantitative estimate of drug-likeness (QED) is 0.453. The first-order valence-electron chi connectivity index (χ1n) is 5.64. The van der Waals surface area contributed by atoms with Gasteiger partial charge in [-0.05, 0) is 26.0 Å². The number of hydrogen-bond donors (Lipinski definition) is 0. The van der Waals surface area contributed by atoms with Crippen molar-refractivity contribution < 1.29 is 22.1 Å². The highest BCUT2D eigenvalue weighted by Gasteiger charge is 2.19. The van der Waals surface area contributed by atoms with Crippen LogP contribution in [0.25, 0.3) is 0 Å². The van der Waals surface area contributed by atoms with Crippen LogP contribution in [0.3, 0.4) is 0 Å². The summed E-state index contributed by atoms with van der Waals surface area (Å²) in [5, 5.41) is 0. The van der Waals surface area contributed by atoms with Crippen LogP contribution in [0.5, 0.6) is 0 Å². The molecule has 0 bridgehead atoms. The van der Waals surface area contributed by atoms with Gasteiger partial charge < -0.3 is 4.74 Å². The number of ether oxygens (including phenoxy) is 1. The molecule has 0 fully saturated rings. The van der Waals surface area contributed by atoms with Crippen LogP contribution in [0.15, 0.2) is 41.8 Å². The molecule has 19 heavy (non-hydrogen) atoms. The summed E-state index contributed by atoms with van der Waals surface area (Å²) < 4.78 is 33.4. The minimum atomic E-state index is -3.85. The van der Waals surface area contributed by atoms with Crippen molar-refractivity contribution in [3.63, 3.8) is 0 Å². The van der Waals surface area contributed by atoms with Crippen molar-refractivity contribution in [3.05, 3.63) is 42.5 Å². The molecule has 1 atom stereocenters. The smallest absolute Gasteiger partial charge is 0.330 e. The lowest BCUT2D eigenvalue weighted by molar-refractivity contribution is -0.139. The minimum absolute atomic E-state index is 0.0694. The van der Waals surface area contributed by atoms with Crippen molar-refractivity contribution >= 4 is 16.1 Å². The van der Waals surface area contributed by atoms with E-state index in [-0.39, 0.29) is 11.5 Å². The van der Waals surface area contributed by atoms with Crippen LogP contribution in [0.2, 0.25) is 0 Å². The molecular formula is C13H16O5S. The van der Waals surface area contributed by atoms with Gasteiger partial charge in [0.05, 0.1) is 4.90 Å². The predicted octanol–water partition coefficient (Wildman–Crippen LogP) is 1.82. The fraction of sp³-hybridized carbons (Fsp3) is 0.308. The maximum atomic E-state index is 11.9. The Morgan fingerprint density at radius 1 is 1.37 bits per heavy atom. The minimum Gasteiger partial charge on any atom is -0.460 e. The van der Waals surface area contributed by atoms with Crippen LogP contribution >= 0.6 is 0 Å². The second-order valence-electron chi connectivity index (χ2n) is 4.01. The molecular weight excluding hydrogens is 268 g/mol. The number of carbonyl (C=O) groups is 1. The highest BCUT2D eigenvalue weighted by Crippen LogP contribution is 2.15. The van der Waals surface area contributed by atoms with Gasteiger partial charge in [-0.2, -0.15) is 8.42 Å². The van der Waals surface area contributed by atoms with Gasteiger partial charge in [0, 0.05) is 6.08 Å². The Morgan fingerprint density at radius 2 is 1.95 bits per heavy atom. The third-order valence-electron chi connectivity index (χ3n) is 2.23. The molecule has 1 unspecified atom stereocenters. The SMILES string of the molecule is C=CC(=O)OCC(C)OS(=O)(=O)c1ccc(C)cc1. The van der Waals surface area contributed by atoms with Crippen molar-refractivity contribution in [2.24, 2.45) is 0 Å². The first-order valence-corrected chi connectivity index (χ1v) is 7.05. The molecule has 0 amide bonds. The van der Waals surface area contributed by atoms with Crippen molar-refractivity contribution in [3.8, 4) is 0 Å². The third kappa shape index (κ3) is 4.84. The number of benzene rings is 1. The monoisotopic (exact) mass is 284 g/mol. The normalized spacial score (nSPS) is 12.7. The molecule has 0 saturated heterocycles. The summed E-state index contributed by atoms with van der Waals surface area (Å²) in [4.78, 5) is 10.9. The highest BCUT2D eigenvalue weighted by molar-refractivity contribution is 7.86. The zero-order chi connectivity index (χ0) is 14.5. The van der Waals surface area contributed by atoms with Crippen LogP contribution in [-0.4, -0.2) is 27.1 Å². The van der Waals surface area contributed by atoms with Gasteiger partial charge in [-0.1, -0.05) is 24.3 Å². The van der Waals surface area contributed by atoms with E-state index in [2.05, 4.69) is 6.58 Å². The van der Waals surface area contributed by atoms with Crippen molar-refractivity contribution in [2.45, 2.75) is 24.8 Å². The van der Waals surface area contributed by atoms with E-state index in [1.54, 1.807) is 12.1 Å². The van der Waals surface area contributed by atoms with E-state index in [1.807, 2.05) is 6.92 Å². The zero-order valence-corrected chi connectivity index (χ0v) is 11.6. The fourth-order valence-electron chi connectivity index (χ4n) is 1.26. The summed E-state index contributed by atoms with van der Waals surface area (Å²) in [6.45, 7) is 6.44. The van der Waals surface area contributed by atoms with Crippen LogP contribution in [0.1, 0.15) is 12.5 Å². The second kappa shape index (κ2) is 6.49. The van der Waals surface area contributed by atoms with E-state index in [9.17, 15) is 13.2 Å². The van der Waals surface area contributed by atoms with Gasteiger partial charge in [-0.3, -0.25) is 4.18 Å². The molecule has 6 heteroatoms. The van der Waals surface area contributed by atoms with E-state index >= 15 is 0 Å². The second-order valence-corrected chi connectivity index (χ2v) is 5.58. The molecule has 0 radical (unpaired) electrons. The van der Waals surface area contributed by atoms with Gasteiger partial charge in [-0.15, -0.1) is 0 Å². The summed E-state index contributed by atoms with van der Waals surface area (Å²) in [6.07, 6.45) is 0.233. The first-order chi connectivity index (χ1) is 8.85. The third-order valence-corrected chi connectivity index (χ3v) is 3.66. The van der Waals surface area contributed by atoms with Gasteiger partial charge in [0.2, 0.25) is 0 Å². The largest absolute Gasteiger partial charge is 0.460 e. The molecule has 5 nitrogen and oxygen atoms in total. The molecule has 0 aliphatic rings. The molecule has 0 N–H and O–H groups in total. The van der Waals surface area contributed by atoms with Crippen molar-refractivity contribution in [2.75, 3.05) is 6.61 Å². The molecule has 1 aromatic rings. The summed E-state index contributed by atoms with van der Waals surface area (Å²) in [7, 11) is -3.85. The lowest BCUT2D eigenvalue weighted by Crippen LogP contribution is -2.22. The summed E-state index contributed by atoms with van der Waals surface area (Å²) in [5.74, 6) is -0.622. The molecule has 1 rings (SSSR count). The number of hydrogen-bond acceptors (Lipinski definition) is 5. The van der Waals surface area contributed by atoms with E-state index in [0.717, 1.165) is 11.6 Å². The number of rotatable bonds is 6. The van der Waals surface area contributed by atoms with Crippen LogP contribution < -0.4 is 0 Å². The van der Waals surface area contributed by atoms with E-state index < -0.39 is 22.2 Å². The Kier molecular flexibility index (Phi) is 5.26. The van der Waals surface area contributed by atoms with E-state index in [4.69, 9.17) is 8.92 Å². The molecule has 0 heterocycles. The van der Waals surface area contributed by atoms with E-state index in [0.29, 0.717) is 0 Å². The molecule has 0 aromatic heterocycles. The number of aryl methyl sites for hydroxylation is 1. The Balaban J connectivity index is 2.66. The topological polar surface area (TPSA) is 69.7 Å². The zero-order valence-electron chi connectivity index (χ0n) is 10.8. The van der Waals surface area contributed by atoms with Crippen molar-refractivity contribution in [1.29, 1.82) is 0 Å². The van der Waals surface area contributed by atoms with E-state index in [1.165, 1.54) is 19.1 Å². The average Bonchev–Trinajstić information content (AvgIpc) is 2.36. The standard InChI is InChI=1S/C13H16O5S/c1-4-13(14)17-9-11(3)18-19(15,16)12-7-5-10(2)6-8-12/h4-8,11H,1,9H2,2-3H3. The lowest BCUT2D eigenvalue weighted by atomic mass is 10.2. The van der Waals surface area contributed by atoms with Gasteiger partial charge in [-0.25, -0.2) is 4.79 Å². The van der Waals surface area contributed by atoms with Gasteiger partial charge in [0.15, 0.2) is 0 Å². The number of esters is 1. The number of carbonyl (C=O) groups excluding carboxylic acids is 1. The fourth-order valence-corrected chi connectivity index (χ4v) is 2.33. The first kappa shape index (κ1) is 15.4. The van der Waals surface area contributed by atoms with Gasteiger partial charge in [0.1, 0.15) is 12.7 Å². The Hall–Kier alpha value is -1.66. The molecule has 0 aliphatic heterocycles. The highest BCUT2D eigenvalue weighted by atomic mass is 32.2. The Labute approximate surface area is 113 Å². The Bertz CT molecular complexity index is 545. The average molecular weight is 284 g/mol. The molecule has 0 spiro atoms. The summed E-state index contributed by atoms with van der Waals surface area (Å²) in [6, 6.07) is 6.29. The molecule has 0 aliphatic carbocycles. The van der Waals surface area contributed by atoms with Crippen LogP contribution in [0.4, 0.5) is 0 Å². The van der Waals surface area contributed by atoms with Crippen molar-refractivity contribution in [1.82, 2.24) is 0 Å². The van der Waals surface area contributed by atoms with Crippen LogP contribution in [-0.2, 0) is 23.8 Å². The summed E-state index contributed by atoms with van der Waals surface area (Å²) in [5.41, 5.74) is 0.951.